The Morgan fingerprint density at radius 2 is 2.05 bits per heavy atom. The Morgan fingerprint density at radius 3 is 2.58 bits per heavy atom. The van der Waals surface area contributed by atoms with Crippen LogP contribution in [0.5, 0.6) is 5.75 Å². The lowest BCUT2D eigenvalue weighted by atomic mass is 10.0. The molecule has 5 heteroatoms. The quantitative estimate of drug-likeness (QED) is 0.836. The topological polar surface area (TPSA) is 47.7 Å². The van der Waals surface area contributed by atoms with Crippen LogP contribution in [0.1, 0.15) is 18.5 Å². The maximum absolute atomic E-state index is 6.31. The van der Waals surface area contributed by atoms with E-state index in [4.69, 9.17) is 26.8 Å². The zero-order valence-corrected chi connectivity index (χ0v) is 12.8. The Morgan fingerprint density at radius 1 is 1.37 bits per heavy atom. The average Bonchev–Trinajstić information content (AvgIpc) is 2.41. The monoisotopic (exact) mass is 286 g/mol. The van der Waals surface area contributed by atoms with Crippen LogP contribution in [-0.2, 0) is 4.74 Å². The third kappa shape index (κ3) is 3.83. The van der Waals surface area contributed by atoms with Crippen LogP contribution in [-0.4, -0.2) is 45.4 Å². The van der Waals surface area contributed by atoms with Crippen molar-refractivity contribution in [3.63, 3.8) is 0 Å². The van der Waals surface area contributed by atoms with E-state index in [-0.39, 0.29) is 12.1 Å². The zero-order valence-electron chi connectivity index (χ0n) is 12.0. The van der Waals surface area contributed by atoms with Gasteiger partial charge in [-0.2, -0.15) is 0 Å². The van der Waals surface area contributed by atoms with Crippen molar-refractivity contribution in [1.29, 1.82) is 0 Å². The van der Waals surface area contributed by atoms with Crippen molar-refractivity contribution in [2.75, 3.05) is 34.4 Å². The van der Waals surface area contributed by atoms with Crippen molar-refractivity contribution in [2.45, 2.75) is 19.0 Å². The minimum absolute atomic E-state index is 0.00574. The first-order valence-electron chi connectivity index (χ1n) is 6.30. The number of rotatable bonds is 7. The van der Waals surface area contributed by atoms with Crippen molar-refractivity contribution < 1.29 is 9.47 Å². The van der Waals surface area contributed by atoms with E-state index in [9.17, 15) is 0 Å². The summed E-state index contributed by atoms with van der Waals surface area (Å²) in [6.07, 6.45) is 0. The van der Waals surface area contributed by atoms with Gasteiger partial charge in [0, 0.05) is 30.3 Å². The molecule has 0 heterocycles. The third-order valence-electron chi connectivity index (χ3n) is 3.38. The van der Waals surface area contributed by atoms with Gasteiger partial charge in [0.2, 0.25) is 0 Å². The number of ether oxygens (including phenoxy) is 2. The molecule has 0 fully saturated rings. The van der Waals surface area contributed by atoms with Gasteiger partial charge in [0.1, 0.15) is 5.75 Å². The molecule has 2 N–H and O–H groups in total. The standard InChI is InChI=1S/C14H23ClN2O2/c1-10(9-18-3)17(2)12(8-16)14-11(15)6-5-7-13(14)19-4/h5-7,10,12H,8-9,16H2,1-4H3. The van der Waals surface area contributed by atoms with E-state index in [1.165, 1.54) is 0 Å². The van der Waals surface area contributed by atoms with Crippen molar-refractivity contribution in [1.82, 2.24) is 4.90 Å². The molecule has 0 aliphatic heterocycles. The highest BCUT2D eigenvalue weighted by Gasteiger charge is 2.25. The second kappa shape index (κ2) is 7.70. The van der Waals surface area contributed by atoms with E-state index in [0.717, 1.165) is 11.3 Å². The van der Waals surface area contributed by atoms with E-state index in [1.807, 2.05) is 25.2 Å². The highest BCUT2D eigenvalue weighted by Crippen LogP contribution is 2.35. The molecule has 0 bridgehead atoms. The van der Waals surface area contributed by atoms with Crippen LogP contribution in [0, 0.1) is 0 Å². The van der Waals surface area contributed by atoms with Crippen molar-refractivity contribution in [3.05, 3.63) is 28.8 Å². The molecular formula is C14H23ClN2O2. The predicted octanol–water partition coefficient (Wildman–Crippen LogP) is 2.32. The molecule has 0 aliphatic rings. The number of hydrogen-bond acceptors (Lipinski definition) is 4. The summed E-state index contributed by atoms with van der Waals surface area (Å²) in [5.74, 6) is 0.763. The van der Waals surface area contributed by atoms with E-state index in [2.05, 4.69) is 11.8 Å². The van der Waals surface area contributed by atoms with Crippen LogP contribution in [0.15, 0.2) is 18.2 Å². The number of benzene rings is 1. The maximum Gasteiger partial charge on any atom is 0.125 e. The van der Waals surface area contributed by atoms with Gasteiger partial charge >= 0.3 is 0 Å². The average molecular weight is 287 g/mol. The minimum Gasteiger partial charge on any atom is -0.496 e. The Labute approximate surface area is 120 Å². The third-order valence-corrected chi connectivity index (χ3v) is 3.71. The first kappa shape index (κ1) is 16.2. The zero-order chi connectivity index (χ0) is 14.4. The van der Waals surface area contributed by atoms with E-state index in [1.54, 1.807) is 14.2 Å². The molecular weight excluding hydrogens is 264 g/mol. The fourth-order valence-corrected chi connectivity index (χ4v) is 2.46. The van der Waals surface area contributed by atoms with Gasteiger partial charge in [0.05, 0.1) is 19.8 Å². The van der Waals surface area contributed by atoms with Crippen LogP contribution >= 0.6 is 11.6 Å². The summed E-state index contributed by atoms with van der Waals surface area (Å²) in [7, 11) is 5.35. The van der Waals surface area contributed by atoms with E-state index in [0.29, 0.717) is 18.2 Å². The molecule has 0 radical (unpaired) electrons. The minimum atomic E-state index is -0.00574. The lowest BCUT2D eigenvalue weighted by molar-refractivity contribution is 0.0902. The van der Waals surface area contributed by atoms with Crippen LogP contribution in [0.4, 0.5) is 0 Å². The number of halogens is 1. The number of hydrogen-bond donors (Lipinski definition) is 1. The molecule has 1 aromatic rings. The molecule has 4 nitrogen and oxygen atoms in total. The van der Waals surface area contributed by atoms with E-state index >= 15 is 0 Å². The maximum atomic E-state index is 6.31. The first-order valence-corrected chi connectivity index (χ1v) is 6.67. The predicted molar refractivity (Wildman–Crippen MR) is 78.9 cm³/mol. The number of methoxy groups -OCH3 is 2. The molecule has 0 spiro atoms. The highest BCUT2D eigenvalue weighted by atomic mass is 35.5. The van der Waals surface area contributed by atoms with Gasteiger partial charge in [-0.05, 0) is 26.1 Å². The van der Waals surface area contributed by atoms with Crippen molar-refractivity contribution in [2.24, 2.45) is 5.73 Å². The fourth-order valence-electron chi connectivity index (χ4n) is 2.17. The van der Waals surface area contributed by atoms with Crippen LogP contribution in [0.2, 0.25) is 5.02 Å². The van der Waals surface area contributed by atoms with Crippen LogP contribution in [0.25, 0.3) is 0 Å². The number of likely N-dealkylation sites (N-methyl/N-ethyl adjacent to an activating group) is 1. The number of nitrogens with two attached hydrogens (primary N) is 1. The Bertz CT molecular complexity index is 401. The normalized spacial score (nSPS) is 14.5. The molecule has 108 valence electrons. The smallest absolute Gasteiger partial charge is 0.125 e. The summed E-state index contributed by atoms with van der Waals surface area (Å²) < 4.78 is 10.6. The van der Waals surface area contributed by atoms with Gasteiger partial charge in [0.15, 0.2) is 0 Å². The van der Waals surface area contributed by atoms with Gasteiger partial charge in [-0.15, -0.1) is 0 Å². The highest BCUT2D eigenvalue weighted by molar-refractivity contribution is 6.31. The van der Waals surface area contributed by atoms with Gasteiger partial charge in [-0.25, -0.2) is 0 Å². The molecule has 0 aliphatic carbocycles. The Balaban J connectivity index is 3.09. The van der Waals surface area contributed by atoms with E-state index < -0.39 is 0 Å². The van der Waals surface area contributed by atoms with Crippen LogP contribution in [0.3, 0.4) is 0 Å². The fraction of sp³-hybridized carbons (Fsp3) is 0.571. The molecule has 0 amide bonds. The summed E-state index contributed by atoms with van der Waals surface area (Å²) in [5.41, 5.74) is 6.87. The van der Waals surface area contributed by atoms with Gasteiger partial charge in [-0.1, -0.05) is 17.7 Å². The summed E-state index contributed by atoms with van der Waals surface area (Å²) in [4.78, 5) is 2.16. The largest absolute Gasteiger partial charge is 0.496 e. The Hall–Kier alpha value is -0.810. The van der Waals surface area contributed by atoms with Gasteiger partial charge < -0.3 is 15.2 Å². The Kier molecular flexibility index (Phi) is 6.58. The second-order valence-electron chi connectivity index (χ2n) is 4.58. The molecule has 2 atom stereocenters. The van der Waals surface area contributed by atoms with Gasteiger partial charge in [-0.3, -0.25) is 4.90 Å². The molecule has 2 unspecified atom stereocenters. The van der Waals surface area contributed by atoms with Crippen molar-refractivity contribution in [3.8, 4) is 5.75 Å². The lowest BCUT2D eigenvalue weighted by Crippen LogP contribution is -2.39. The van der Waals surface area contributed by atoms with Crippen LogP contribution < -0.4 is 10.5 Å². The van der Waals surface area contributed by atoms with Gasteiger partial charge in [0.25, 0.3) is 0 Å². The SMILES string of the molecule is COCC(C)N(C)C(CN)c1c(Cl)cccc1OC. The first-order chi connectivity index (χ1) is 9.06. The lowest BCUT2D eigenvalue weighted by Gasteiger charge is -2.33. The molecule has 19 heavy (non-hydrogen) atoms. The second-order valence-corrected chi connectivity index (χ2v) is 4.98. The summed E-state index contributed by atoms with van der Waals surface area (Å²) in [6, 6.07) is 5.86. The summed E-state index contributed by atoms with van der Waals surface area (Å²) >= 11 is 6.31. The molecule has 1 rings (SSSR count). The van der Waals surface area contributed by atoms with Crippen molar-refractivity contribution >= 4 is 11.6 Å². The molecule has 0 saturated heterocycles. The number of nitrogens with zero attached hydrogens (tertiary/aromatic N) is 1. The molecule has 1 aromatic carbocycles. The molecule has 0 aromatic heterocycles. The molecule has 0 saturated carbocycles. The summed E-state index contributed by atoms with van der Waals surface area (Å²) in [6.45, 7) is 3.19. The summed E-state index contributed by atoms with van der Waals surface area (Å²) in [5, 5.41) is 0.672.